The molecule has 0 saturated carbocycles. The molecule has 0 unspecified atom stereocenters. The second-order valence-corrected chi connectivity index (χ2v) is 8.56. The highest BCUT2D eigenvalue weighted by molar-refractivity contribution is 7.80. The van der Waals surface area contributed by atoms with Crippen LogP contribution in [0.5, 0.6) is 0 Å². The number of esters is 1. The lowest BCUT2D eigenvalue weighted by atomic mass is 9.83. The summed E-state index contributed by atoms with van der Waals surface area (Å²) < 4.78 is 6.81. The molecular formula is C23H27N3O3S. The SMILES string of the molecule is COC(=O)C[C@@H](CNC(=S)N1C[C@@H]2C[C@@H](C1)c1cccc(=O)n1C2)c1ccccc1. The molecule has 3 atom stereocenters. The van der Waals surface area contributed by atoms with Crippen molar-refractivity contribution in [2.24, 2.45) is 5.92 Å². The largest absolute Gasteiger partial charge is 0.469 e. The fraction of sp³-hybridized carbons (Fsp3) is 0.435. The van der Waals surface area contributed by atoms with Crippen molar-refractivity contribution >= 4 is 23.3 Å². The van der Waals surface area contributed by atoms with Crippen LogP contribution in [0.2, 0.25) is 0 Å². The number of piperidine rings is 1. The van der Waals surface area contributed by atoms with Crippen LogP contribution in [0.15, 0.2) is 53.3 Å². The van der Waals surface area contributed by atoms with Gasteiger partial charge < -0.3 is 19.5 Å². The summed E-state index contributed by atoms with van der Waals surface area (Å²) in [7, 11) is 1.41. The van der Waals surface area contributed by atoms with Crippen molar-refractivity contribution in [3.63, 3.8) is 0 Å². The van der Waals surface area contributed by atoms with Crippen molar-refractivity contribution < 1.29 is 9.53 Å². The summed E-state index contributed by atoms with van der Waals surface area (Å²) in [6.45, 7) is 2.97. The first-order valence-corrected chi connectivity index (χ1v) is 10.8. The van der Waals surface area contributed by atoms with E-state index in [-0.39, 0.29) is 17.4 Å². The molecule has 1 saturated heterocycles. The summed E-state index contributed by atoms with van der Waals surface area (Å²) in [6.07, 6.45) is 1.40. The van der Waals surface area contributed by atoms with Crippen molar-refractivity contribution in [2.75, 3.05) is 26.7 Å². The van der Waals surface area contributed by atoms with Crippen LogP contribution in [0, 0.1) is 5.92 Å². The Kier molecular flexibility index (Phi) is 6.18. The van der Waals surface area contributed by atoms with E-state index in [0.717, 1.165) is 37.3 Å². The van der Waals surface area contributed by atoms with Crippen LogP contribution in [0.4, 0.5) is 0 Å². The lowest BCUT2D eigenvalue weighted by Crippen LogP contribution is -2.52. The van der Waals surface area contributed by atoms with Gasteiger partial charge in [-0.2, -0.15) is 0 Å². The number of carbonyl (C=O) groups excluding carboxylic acids is 1. The maximum Gasteiger partial charge on any atom is 0.306 e. The zero-order chi connectivity index (χ0) is 21.1. The molecule has 158 valence electrons. The molecule has 30 heavy (non-hydrogen) atoms. The van der Waals surface area contributed by atoms with Gasteiger partial charge in [-0.15, -0.1) is 0 Å². The average molecular weight is 426 g/mol. The van der Waals surface area contributed by atoms with Crippen LogP contribution in [-0.2, 0) is 16.1 Å². The number of hydrogen-bond acceptors (Lipinski definition) is 4. The van der Waals surface area contributed by atoms with E-state index >= 15 is 0 Å². The van der Waals surface area contributed by atoms with E-state index in [1.165, 1.54) is 7.11 Å². The van der Waals surface area contributed by atoms with E-state index in [4.69, 9.17) is 17.0 Å². The van der Waals surface area contributed by atoms with Gasteiger partial charge in [-0.25, -0.2) is 0 Å². The normalized spacial score (nSPS) is 20.8. The van der Waals surface area contributed by atoms with E-state index in [9.17, 15) is 9.59 Å². The Morgan fingerprint density at radius 3 is 2.73 bits per heavy atom. The van der Waals surface area contributed by atoms with Gasteiger partial charge in [0.05, 0.1) is 13.5 Å². The van der Waals surface area contributed by atoms with E-state index in [1.807, 2.05) is 41.0 Å². The minimum atomic E-state index is -0.230. The Bertz CT molecular complexity index is 975. The Morgan fingerprint density at radius 2 is 1.97 bits per heavy atom. The first-order chi connectivity index (χ1) is 14.5. The van der Waals surface area contributed by atoms with E-state index in [0.29, 0.717) is 29.9 Å². The van der Waals surface area contributed by atoms with Crippen LogP contribution >= 0.6 is 12.2 Å². The number of nitrogens with one attached hydrogen (secondary N) is 1. The number of benzene rings is 1. The van der Waals surface area contributed by atoms with Crippen molar-refractivity contribution in [1.82, 2.24) is 14.8 Å². The van der Waals surface area contributed by atoms with Gasteiger partial charge in [0.15, 0.2) is 5.11 Å². The monoisotopic (exact) mass is 425 g/mol. The molecular weight excluding hydrogens is 398 g/mol. The van der Waals surface area contributed by atoms with Gasteiger partial charge in [0.1, 0.15) is 0 Å². The molecule has 1 fully saturated rings. The number of aromatic nitrogens is 1. The van der Waals surface area contributed by atoms with Crippen molar-refractivity contribution in [3.05, 3.63) is 70.1 Å². The van der Waals surface area contributed by atoms with Crippen molar-refractivity contribution in [1.29, 1.82) is 0 Å². The molecule has 0 spiro atoms. The summed E-state index contributed by atoms with van der Waals surface area (Å²) in [6, 6.07) is 15.5. The van der Waals surface area contributed by atoms with Crippen molar-refractivity contribution in [2.45, 2.75) is 31.2 Å². The predicted molar refractivity (Wildman–Crippen MR) is 120 cm³/mol. The van der Waals surface area contributed by atoms with Crippen LogP contribution in [0.25, 0.3) is 0 Å². The van der Waals surface area contributed by atoms with Crippen LogP contribution in [0.1, 0.15) is 35.9 Å². The first-order valence-electron chi connectivity index (χ1n) is 10.4. The van der Waals surface area contributed by atoms with Gasteiger partial charge in [0.2, 0.25) is 0 Å². The van der Waals surface area contributed by atoms with Crippen LogP contribution in [-0.4, -0.2) is 47.3 Å². The third-order valence-electron chi connectivity index (χ3n) is 6.18. The Labute approximate surface area is 181 Å². The minimum absolute atomic E-state index is 0.0137. The molecule has 0 aliphatic carbocycles. The molecule has 2 bridgehead atoms. The minimum Gasteiger partial charge on any atom is -0.469 e. The number of rotatable bonds is 5. The third kappa shape index (κ3) is 4.41. The van der Waals surface area contributed by atoms with Crippen molar-refractivity contribution in [3.8, 4) is 0 Å². The predicted octanol–water partition coefficient (Wildman–Crippen LogP) is 2.49. The zero-order valence-corrected chi connectivity index (χ0v) is 17.9. The summed E-state index contributed by atoms with van der Waals surface area (Å²) >= 11 is 5.72. The fourth-order valence-electron chi connectivity index (χ4n) is 4.70. The molecule has 6 nitrogen and oxygen atoms in total. The second-order valence-electron chi connectivity index (χ2n) is 8.18. The summed E-state index contributed by atoms with van der Waals surface area (Å²) in [5.41, 5.74) is 2.28. The standard InChI is InChI=1S/C23H27N3O3S/c1-29-22(28)11-18(17-6-3-2-4-7-17)12-24-23(30)25-13-16-10-19(15-25)20-8-5-9-21(27)26(20)14-16/h2-9,16,18-19H,10-15H2,1H3,(H,24,30)/t16-,18-,19-/m0/s1. The summed E-state index contributed by atoms with van der Waals surface area (Å²) in [4.78, 5) is 26.3. The number of methoxy groups -OCH3 is 1. The molecule has 7 heteroatoms. The van der Waals surface area contributed by atoms with Crippen LogP contribution < -0.4 is 10.9 Å². The number of fused-ring (bicyclic) bond motifs is 4. The lowest BCUT2D eigenvalue weighted by molar-refractivity contribution is -0.141. The number of thiocarbonyl (C=S) groups is 1. The number of pyridine rings is 1. The number of carbonyl (C=O) groups is 1. The third-order valence-corrected chi connectivity index (χ3v) is 6.58. The van der Waals surface area contributed by atoms with Gasteiger partial charge in [0.25, 0.3) is 5.56 Å². The van der Waals surface area contributed by atoms with E-state index in [2.05, 4.69) is 16.3 Å². The smallest absolute Gasteiger partial charge is 0.306 e. The number of ether oxygens (including phenoxy) is 1. The molecule has 1 aromatic carbocycles. The quantitative estimate of drug-likeness (QED) is 0.587. The molecule has 2 aromatic rings. The second kappa shape index (κ2) is 9.00. The van der Waals surface area contributed by atoms with E-state index < -0.39 is 0 Å². The topological polar surface area (TPSA) is 63.6 Å². The Morgan fingerprint density at radius 1 is 1.17 bits per heavy atom. The van der Waals surface area contributed by atoms with Gasteiger partial charge in [0, 0.05) is 49.8 Å². The molecule has 2 aliphatic rings. The Balaban J connectivity index is 1.42. The molecule has 2 aliphatic heterocycles. The highest BCUT2D eigenvalue weighted by atomic mass is 32.1. The number of likely N-dealkylation sites (tertiary alicyclic amines) is 1. The maximum absolute atomic E-state index is 12.2. The van der Waals surface area contributed by atoms with Crippen LogP contribution in [0.3, 0.4) is 0 Å². The molecule has 1 N–H and O–H groups in total. The number of nitrogens with zero attached hydrogens (tertiary/aromatic N) is 2. The average Bonchev–Trinajstić information content (AvgIpc) is 2.77. The molecule has 3 heterocycles. The lowest BCUT2D eigenvalue weighted by Gasteiger charge is -2.43. The highest BCUT2D eigenvalue weighted by Gasteiger charge is 2.35. The summed E-state index contributed by atoms with van der Waals surface area (Å²) in [5, 5.41) is 4.10. The van der Waals surface area contributed by atoms with Gasteiger partial charge in [-0.05, 0) is 36.2 Å². The molecule has 1 aromatic heterocycles. The maximum atomic E-state index is 12.2. The molecule has 0 amide bonds. The van der Waals surface area contributed by atoms with Gasteiger partial charge in [-0.3, -0.25) is 9.59 Å². The van der Waals surface area contributed by atoms with E-state index in [1.54, 1.807) is 6.07 Å². The van der Waals surface area contributed by atoms with Gasteiger partial charge >= 0.3 is 5.97 Å². The number of hydrogen-bond donors (Lipinski definition) is 1. The van der Waals surface area contributed by atoms with Gasteiger partial charge in [-0.1, -0.05) is 36.4 Å². The first kappa shape index (κ1) is 20.6. The molecule has 0 radical (unpaired) electrons. The Hall–Kier alpha value is -2.67. The molecule has 4 rings (SSSR count). The highest BCUT2D eigenvalue weighted by Crippen LogP contribution is 2.35. The summed E-state index contributed by atoms with van der Waals surface area (Å²) in [5.74, 6) is 0.480. The zero-order valence-electron chi connectivity index (χ0n) is 17.1. The fourth-order valence-corrected chi connectivity index (χ4v) is 4.93.